The lowest BCUT2D eigenvalue weighted by Gasteiger charge is -2.05. The van der Waals surface area contributed by atoms with Crippen molar-refractivity contribution in [1.29, 1.82) is 0 Å². The molecule has 0 aliphatic rings. The lowest BCUT2D eigenvalue weighted by molar-refractivity contribution is -0.139. The number of aromatic nitrogens is 3. The molecule has 0 atom stereocenters. The Kier molecular flexibility index (Phi) is 4.06. The molecule has 0 radical (unpaired) electrons. The highest BCUT2D eigenvalue weighted by Gasteiger charge is 2.23. The van der Waals surface area contributed by atoms with Crippen molar-refractivity contribution in [2.24, 2.45) is 7.05 Å². The molecule has 0 aromatic carbocycles. The van der Waals surface area contributed by atoms with E-state index in [1.54, 1.807) is 17.8 Å². The minimum absolute atomic E-state index is 0.132. The number of hydrogen-bond acceptors (Lipinski definition) is 7. The van der Waals surface area contributed by atoms with Crippen molar-refractivity contribution >= 4 is 22.8 Å². The molecule has 0 amide bonds. The van der Waals surface area contributed by atoms with Gasteiger partial charge in [-0.2, -0.15) is 9.97 Å². The van der Waals surface area contributed by atoms with Gasteiger partial charge in [0.15, 0.2) is 11.4 Å². The molecule has 0 spiro atoms. The first-order valence-electron chi connectivity index (χ1n) is 6.06. The van der Waals surface area contributed by atoms with Crippen LogP contribution in [-0.2, 0) is 16.6 Å². The zero-order valence-electron chi connectivity index (χ0n) is 12.2. The van der Waals surface area contributed by atoms with Crippen LogP contribution < -0.4 is 9.47 Å². The fourth-order valence-corrected chi connectivity index (χ4v) is 1.97. The number of aryl methyl sites for hydroxylation is 1. The van der Waals surface area contributed by atoms with E-state index < -0.39 is 5.97 Å². The van der Waals surface area contributed by atoms with Crippen molar-refractivity contribution in [3.05, 3.63) is 11.8 Å². The van der Waals surface area contributed by atoms with Crippen LogP contribution in [-0.4, -0.2) is 47.6 Å². The Bertz CT molecular complexity index is 707. The maximum Gasteiger partial charge on any atom is 0.321 e. The molecule has 21 heavy (non-hydrogen) atoms. The molecule has 2 rings (SSSR count). The number of methoxy groups -OCH3 is 3. The second-order valence-electron chi connectivity index (χ2n) is 4.25. The number of fused-ring (bicyclic) bond motifs is 1. The second-order valence-corrected chi connectivity index (χ2v) is 4.25. The number of rotatable bonds is 5. The minimum Gasteiger partial charge on any atom is -0.480 e. The van der Waals surface area contributed by atoms with Crippen LogP contribution in [0, 0.1) is 0 Å². The van der Waals surface area contributed by atoms with E-state index in [1.807, 2.05) is 0 Å². The van der Waals surface area contributed by atoms with Crippen molar-refractivity contribution in [3.8, 4) is 11.9 Å². The Balaban J connectivity index is 2.60. The van der Waals surface area contributed by atoms with E-state index >= 15 is 0 Å². The van der Waals surface area contributed by atoms with Gasteiger partial charge in [0.25, 0.3) is 0 Å². The highest BCUT2D eigenvalue weighted by atomic mass is 16.5. The minimum atomic E-state index is -0.606. The van der Waals surface area contributed by atoms with Crippen molar-refractivity contribution < 1.29 is 23.8 Å². The number of hydrogen-bond donors (Lipinski definition) is 0. The summed E-state index contributed by atoms with van der Waals surface area (Å²) in [7, 11) is 5.83. The standard InChI is InChI=1S/C13H15N3O5/c1-16-6-7(8(17)5-9(18)19-2)10-11(16)14-13(21-4)15-12(10)20-3/h6H,5H2,1-4H3. The number of carbonyl (C=O) groups is 2. The lowest BCUT2D eigenvalue weighted by Crippen LogP contribution is -2.09. The van der Waals surface area contributed by atoms with Gasteiger partial charge in [-0.25, -0.2) is 0 Å². The van der Waals surface area contributed by atoms with Crippen LogP contribution in [0.15, 0.2) is 6.20 Å². The van der Waals surface area contributed by atoms with E-state index in [0.29, 0.717) is 16.6 Å². The zero-order chi connectivity index (χ0) is 15.6. The van der Waals surface area contributed by atoms with Gasteiger partial charge in [-0.1, -0.05) is 0 Å². The van der Waals surface area contributed by atoms with Crippen LogP contribution >= 0.6 is 0 Å². The van der Waals surface area contributed by atoms with Crippen LogP contribution in [0.2, 0.25) is 0 Å². The van der Waals surface area contributed by atoms with Gasteiger partial charge >= 0.3 is 12.0 Å². The highest BCUT2D eigenvalue weighted by molar-refractivity contribution is 6.14. The molecule has 2 heterocycles. The summed E-state index contributed by atoms with van der Waals surface area (Å²) >= 11 is 0. The highest BCUT2D eigenvalue weighted by Crippen LogP contribution is 2.30. The van der Waals surface area contributed by atoms with E-state index in [1.165, 1.54) is 21.3 Å². The quantitative estimate of drug-likeness (QED) is 0.456. The number of carbonyl (C=O) groups excluding carboxylic acids is 2. The van der Waals surface area contributed by atoms with Crippen LogP contribution in [0.3, 0.4) is 0 Å². The van der Waals surface area contributed by atoms with Gasteiger partial charge in [-0.3, -0.25) is 9.59 Å². The van der Waals surface area contributed by atoms with E-state index in [0.717, 1.165) is 0 Å². The summed E-state index contributed by atoms with van der Waals surface area (Å²) in [5, 5.41) is 0.440. The van der Waals surface area contributed by atoms with Crippen molar-refractivity contribution in [2.45, 2.75) is 6.42 Å². The molecule has 0 aliphatic carbocycles. The molecule has 8 heteroatoms. The first kappa shape index (κ1) is 14.8. The molecule has 112 valence electrons. The summed E-state index contributed by atoms with van der Waals surface area (Å²) in [6.07, 6.45) is 1.22. The van der Waals surface area contributed by atoms with Gasteiger partial charge in [-0.15, -0.1) is 0 Å². The molecular formula is C13H15N3O5. The third-order valence-corrected chi connectivity index (χ3v) is 2.97. The fourth-order valence-electron chi connectivity index (χ4n) is 1.97. The van der Waals surface area contributed by atoms with Crippen molar-refractivity contribution in [1.82, 2.24) is 14.5 Å². The Labute approximate surface area is 120 Å². The zero-order valence-corrected chi connectivity index (χ0v) is 12.2. The number of Topliss-reactive ketones (excluding diaryl/α,β-unsaturated/α-hetero) is 1. The first-order chi connectivity index (χ1) is 10.0. The molecule has 2 aromatic heterocycles. The topological polar surface area (TPSA) is 92.5 Å². The van der Waals surface area contributed by atoms with Crippen molar-refractivity contribution in [3.63, 3.8) is 0 Å². The van der Waals surface area contributed by atoms with Crippen molar-refractivity contribution in [2.75, 3.05) is 21.3 Å². The van der Waals surface area contributed by atoms with Crippen LogP contribution in [0.1, 0.15) is 16.8 Å². The Hall–Kier alpha value is -2.64. The number of nitrogens with zero attached hydrogens (tertiary/aromatic N) is 3. The Morgan fingerprint density at radius 2 is 1.90 bits per heavy atom. The summed E-state index contributed by atoms with van der Waals surface area (Å²) in [6, 6.07) is 0.132. The molecule has 0 bridgehead atoms. The predicted molar refractivity (Wildman–Crippen MR) is 72.6 cm³/mol. The van der Waals surface area contributed by atoms with Gasteiger partial charge in [0, 0.05) is 13.2 Å². The fraction of sp³-hybridized carbons (Fsp3) is 0.385. The normalized spacial score (nSPS) is 10.5. The largest absolute Gasteiger partial charge is 0.480 e. The molecule has 2 aromatic rings. The maximum atomic E-state index is 12.2. The average molecular weight is 293 g/mol. The summed E-state index contributed by atoms with van der Waals surface area (Å²) < 4.78 is 16.3. The van der Waals surface area contributed by atoms with E-state index in [9.17, 15) is 9.59 Å². The van der Waals surface area contributed by atoms with Gasteiger partial charge in [0.2, 0.25) is 5.88 Å². The maximum absolute atomic E-state index is 12.2. The molecule has 0 aliphatic heterocycles. The lowest BCUT2D eigenvalue weighted by atomic mass is 10.1. The molecule has 0 unspecified atom stereocenters. The number of esters is 1. The summed E-state index contributed by atoms with van der Waals surface area (Å²) in [5.41, 5.74) is 0.782. The van der Waals surface area contributed by atoms with E-state index in [4.69, 9.17) is 9.47 Å². The summed E-state index contributed by atoms with van der Waals surface area (Å²) in [5.74, 6) is -0.782. The molecule has 0 saturated heterocycles. The molecule has 8 nitrogen and oxygen atoms in total. The first-order valence-corrected chi connectivity index (χ1v) is 6.06. The monoisotopic (exact) mass is 293 g/mol. The molecule has 0 fully saturated rings. The second kappa shape index (κ2) is 5.78. The Morgan fingerprint density at radius 3 is 2.48 bits per heavy atom. The van der Waals surface area contributed by atoms with Crippen LogP contribution in [0.25, 0.3) is 11.0 Å². The average Bonchev–Trinajstić information content (AvgIpc) is 2.83. The SMILES string of the molecule is COC(=O)CC(=O)c1cn(C)c2nc(OC)nc(OC)c12. The predicted octanol–water partition coefficient (Wildman–Crippen LogP) is 0.731. The summed E-state index contributed by atoms with van der Waals surface area (Å²) in [4.78, 5) is 31.7. The number of ketones is 1. The Morgan fingerprint density at radius 1 is 1.19 bits per heavy atom. The molecule has 0 N–H and O–H groups in total. The van der Waals surface area contributed by atoms with Gasteiger partial charge in [0.1, 0.15) is 6.42 Å². The third kappa shape index (κ3) is 2.64. The van der Waals surface area contributed by atoms with Gasteiger partial charge in [0.05, 0.1) is 32.3 Å². The van der Waals surface area contributed by atoms with E-state index in [-0.39, 0.29) is 24.1 Å². The third-order valence-electron chi connectivity index (χ3n) is 2.97. The summed E-state index contributed by atoms with van der Waals surface area (Å²) in [6.45, 7) is 0. The smallest absolute Gasteiger partial charge is 0.321 e. The van der Waals surface area contributed by atoms with Crippen LogP contribution in [0.5, 0.6) is 11.9 Å². The molecule has 0 saturated carbocycles. The van der Waals surface area contributed by atoms with E-state index in [2.05, 4.69) is 14.7 Å². The number of ether oxygens (including phenoxy) is 3. The van der Waals surface area contributed by atoms with Gasteiger partial charge < -0.3 is 18.8 Å². The van der Waals surface area contributed by atoms with Gasteiger partial charge in [-0.05, 0) is 0 Å². The molecular weight excluding hydrogens is 278 g/mol. The van der Waals surface area contributed by atoms with Crippen LogP contribution in [0.4, 0.5) is 0 Å².